The van der Waals surface area contributed by atoms with Gasteiger partial charge in [-0.05, 0) is 29.7 Å². The van der Waals surface area contributed by atoms with E-state index in [-0.39, 0.29) is 5.91 Å². The maximum atomic E-state index is 12.6. The lowest BCUT2D eigenvalue weighted by Crippen LogP contribution is -2.10. The number of hydrogen-bond acceptors (Lipinski definition) is 6. The Bertz CT molecular complexity index is 962. The second kappa shape index (κ2) is 6.72. The summed E-state index contributed by atoms with van der Waals surface area (Å²) in [4.78, 5) is 14.3. The molecule has 118 valence electrons. The Morgan fingerprint density at radius 3 is 2.75 bits per heavy atom. The minimum absolute atomic E-state index is 0.0958. The third kappa shape index (κ3) is 3.19. The molecule has 1 amide bonds. The molecule has 4 nitrogen and oxygen atoms in total. The first-order valence-corrected chi connectivity index (χ1v) is 9.64. The van der Waals surface area contributed by atoms with E-state index in [1.54, 1.807) is 5.51 Å². The van der Waals surface area contributed by atoms with Crippen molar-refractivity contribution in [1.82, 2.24) is 10.2 Å². The van der Waals surface area contributed by atoms with Crippen molar-refractivity contribution in [3.05, 3.63) is 65.0 Å². The van der Waals surface area contributed by atoms with E-state index in [1.807, 2.05) is 54.6 Å². The minimum Gasteiger partial charge on any atom is -0.320 e. The second-order valence-corrected chi connectivity index (χ2v) is 8.11. The van der Waals surface area contributed by atoms with Gasteiger partial charge in [0.05, 0.1) is 10.6 Å². The van der Waals surface area contributed by atoms with Crippen molar-refractivity contribution in [1.29, 1.82) is 0 Å². The van der Waals surface area contributed by atoms with Crippen molar-refractivity contribution in [2.75, 3.05) is 5.32 Å². The maximum Gasteiger partial charge on any atom is 0.265 e. The van der Waals surface area contributed by atoms with Crippen LogP contribution in [0.25, 0.3) is 10.1 Å². The van der Waals surface area contributed by atoms with Gasteiger partial charge in [0, 0.05) is 9.60 Å². The number of nitrogens with one attached hydrogen (secondary N) is 1. The number of anilines is 1. The van der Waals surface area contributed by atoms with E-state index >= 15 is 0 Å². The zero-order valence-electron chi connectivity index (χ0n) is 12.3. The summed E-state index contributed by atoms with van der Waals surface area (Å²) in [5.41, 5.74) is 2.47. The molecular formula is C17H11N3OS3. The van der Waals surface area contributed by atoms with Gasteiger partial charge in [-0.3, -0.25) is 4.79 Å². The van der Waals surface area contributed by atoms with Gasteiger partial charge < -0.3 is 5.32 Å². The van der Waals surface area contributed by atoms with Crippen LogP contribution >= 0.6 is 34.4 Å². The Hall–Kier alpha value is -2.22. The number of para-hydroxylation sites is 1. The lowest BCUT2D eigenvalue weighted by molar-refractivity contribution is 0.103. The molecule has 0 aliphatic heterocycles. The van der Waals surface area contributed by atoms with Gasteiger partial charge in [-0.25, -0.2) is 0 Å². The first kappa shape index (κ1) is 15.3. The standard InChI is InChI=1S/C17H11N3OS3/c21-16(15-9-11-5-1-3-7-13(11)23-15)19-12-6-2-4-8-14(12)24-17-20-18-10-22-17/h1-10H,(H,19,21). The van der Waals surface area contributed by atoms with Gasteiger partial charge in [-0.1, -0.05) is 53.4 Å². The molecule has 0 saturated carbocycles. The number of amides is 1. The minimum atomic E-state index is -0.0958. The summed E-state index contributed by atoms with van der Waals surface area (Å²) in [5, 5.41) is 12.0. The number of carbonyl (C=O) groups excluding carboxylic acids is 1. The summed E-state index contributed by atoms with van der Waals surface area (Å²) >= 11 is 4.47. The number of aromatic nitrogens is 2. The Labute approximate surface area is 150 Å². The fraction of sp³-hybridized carbons (Fsp3) is 0. The van der Waals surface area contributed by atoms with Crippen LogP contribution in [0.4, 0.5) is 5.69 Å². The first-order valence-electron chi connectivity index (χ1n) is 7.12. The summed E-state index contributed by atoms with van der Waals surface area (Å²) < 4.78 is 1.96. The van der Waals surface area contributed by atoms with Crippen molar-refractivity contribution in [3.8, 4) is 0 Å². The molecule has 1 N–H and O–H groups in total. The molecule has 2 aromatic heterocycles. The highest BCUT2D eigenvalue weighted by Crippen LogP contribution is 2.34. The molecule has 0 atom stereocenters. The third-order valence-electron chi connectivity index (χ3n) is 3.32. The van der Waals surface area contributed by atoms with Crippen LogP contribution in [-0.2, 0) is 0 Å². The molecule has 0 aliphatic carbocycles. The van der Waals surface area contributed by atoms with E-state index in [0.29, 0.717) is 4.88 Å². The maximum absolute atomic E-state index is 12.6. The lowest BCUT2D eigenvalue weighted by atomic mass is 10.2. The molecule has 2 aromatic carbocycles. The zero-order chi connectivity index (χ0) is 16.4. The summed E-state index contributed by atoms with van der Waals surface area (Å²) in [6, 6.07) is 17.6. The quantitative estimate of drug-likeness (QED) is 0.540. The molecular weight excluding hydrogens is 358 g/mol. The second-order valence-electron chi connectivity index (χ2n) is 4.91. The summed E-state index contributed by atoms with van der Waals surface area (Å²) in [5.74, 6) is -0.0958. The average Bonchev–Trinajstić information content (AvgIpc) is 3.25. The van der Waals surface area contributed by atoms with Crippen LogP contribution in [0.3, 0.4) is 0 Å². The highest BCUT2D eigenvalue weighted by molar-refractivity contribution is 8.01. The van der Waals surface area contributed by atoms with Gasteiger partial charge in [0.1, 0.15) is 5.51 Å². The fourth-order valence-corrected chi connectivity index (χ4v) is 4.72. The van der Waals surface area contributed by atoms with Crippen molar-refractivity contribution in [2.24, 2.45) is 0 Å². The molecule has 0 radical (unpaired) electrons. The number of nitrogens with zero attached hydrogens (tertiary/aromatic N) is 2. The predicted octanol–water partition coefficient (Wildman–Crippen LogP) is 5.16. The first-order chi connectivity index (χ1) is 11.8. The molecule has 0 spiro atoms. The van der Waals surface area contributed by atoms with Crippen LogP contribution in [0.5, 0.6) is 0 Å². The fourth-order valence-electron chi connectivity index (χ4n) is 2.24. The molecule has 2 heterocycles. The van der Waals surface area contributed by atoms with Gasteiger partial charge in [0.15, 0.2) is 4.34 Å². The number of fused-ring (bicyclic) bond motifs is 1. The van der Waals surface area contributed by atoms with E-state index < -0.39 is 0 Å². The topological polar surface area (TPSA) is 54.9 Å². The van der Waals surface area contributed by atoms with Crippen molar-refractivity contribution >= 4 is 56.1 Å². The van der Waals surface area contributed by atoms with Crippen molar-refractivity contribution in [2.45, 2.75) is 9.24 Å². The Balaban J connectivity index is 1.59. The van der Waals surface area contributed by atoms with Crippen LogP contribution in [-0.4, -0.2) is 16.1 Å². The van der Waals surface area contributed by atoms with Gasteiger partial charge in [0.25, 0.3) is 5.91 Å². The van der Waals surface area contributed by atoms with Crippen LogP contribution in [0.2, 0.25) is 0 Å². The van der Waals surface area contributed by atoms with Crippen LogP contribution < -0.4 is 5.32 Å². The molecule has 0 aliphatic rings. The monoisotopic (exact) mass is 369 g/mol. The SMILES string of the molecule is O=C(Nc1ccccc1Sc1nncs1)c1cc2ccccc2s1. The van der Waals surface area contributed by atoms with E-state index in [9.17, 15) is 4.79 Å². The van der Waals surface area contributed by atoms with Gasteiger partial charge in [-0.2, -0.15) is 0 Å². The van der Waals surface area contributed by atoms with Gasteiger partial charge in [0.2, 0.25) is 0 Å². The molecule has 0 unspecified atom stereocenters. The van der Waals surface area contributed by atoms with Gasteiger partial charge >= 0.3 is 0 Å². The zero-order valence-corrected chi connectivity index (χ0v) is 14.8. The van der Waals surface area contributed by atoms with Gasteiger partial charge in [-0.15, -0.1) is 21.5 Å². The lowest BCUT2D eigenvalue weighted by Gasteiger charge is -2.08. The number of rotatable bonds is 4. The number of benzene rings is 2. The van der Waals surface area contributed by atoms with E-state index in [1.165, 1.54) is 34.4 Å². The Morgan fingerprint density at radius 2 is 1.92 bits per heavy atom. The van der Waals surface area contributed by atoms with Crippen LogP contribution in [0, 0.1) is 0 Å². The molecule has 24 heavy (non-hydrogen) atoms. The number of hydrogen-bond donors (Lipinski definition) is 1. The highest BCUT2D eigenvalue weighted by Gasteiger charge is 2.13. The normalized spacial score (nSPS) is 10.8. The smallest absolute Gasteiger partial charge is 0.265 e. The molecule has 0 bridgehead atoms. The highest BCUT2D eigenvalue weighted by atomic mass is 32.2. The molecule has 0 saturated heterocycles. The summed E-state index contributed by atoms with van der Waals surface area (Å²) in [6.07, 6.45) is 0. The summed E-state index contributed by atoms with van der Waals surface area (Å²) in [7, 11) is 0. The molecule has 4 rings (SSSR count). The average molecular weight is 369 g/mol. The number of thiophene rings is 1. The van der Waals surface area contributed by atoms with Crippen molar-refractivity contribution in [3.63, 3.8) is 0 Å². The Kier molecular flexibility index (Phi) is 4.29. The van der Waals surface area contributed by atoms with Crippen LogP contribution in [0.15, 0.2) is 69.3 Å². The number of carbonyl (C=O) groups is 1. The van der Waals surface area contributed by atoms with E-state index in [2.05, 4.69) is 15.5 Å². The molecule has 0 fully saturated rings. The van der Waals surface area contributed by atoms with Crippen molar-refractivity contribution < 1.29 is 4.79 Å². The Morgan fingerprint density at radius 1 is 1.08 bits per heavy atom. The van der Waals surface area contributed by atoms with Crippen LogP contribution in [0.1, 0.15) is 9.67 Å². The molecule has 4 aromatic rings. The third-order valence-corrected chi connectivity index (χ3v) is 6.29. The largest absolute Gasteiger partial charge is 0.320 e. The molecule has 7 heteroatoms. The summed E-state index contributed by atoms with van der Waals surface area (Å²) in [6.45, 7) is 0. The van der Waals surface area contributed by atoms with E-state index in [0.717, 1.165) is 25.0 Å². The van der Waals surface area contributed by atoms with E-state index in [4.69, 9.17) is 0 Å². The predicted molar refractivity (Wildman–Crippen MR) is 100 cm³/mol.